The third-order valence-electron chi connectivity index (χ3n) is 1.10. The Labute approximate surface area is 64.4 Å². The van der Waals surface area contributed by atoms with Gasteiger partial charge in [-0.3, -0.25) is 0 Å². The molecule has 4 N–H and O–H groups in total. The summed E-state index contributed by atoms with van der Waals surface area (Å²) in [6.07, 6.45) is 1.42. The van der Waals surface area contributed by atoms with Gasteiger partial charge in [0.25, 0.3) is 0 Å². The highest BCUT2D eigenvalue weighted by Crippen LogP contribution is 2.12. The highest BCUT2D eigenvalue weighted by atomic mass is 16.5. The van der Waals surface area contributed by atoms with Gasteiger partial charge >= 0.3 is 6.01 Å². The Morgan fingerprint density at radius 1 is 1.55 bits per heavy atom. The van der Waals surface area contributed by atoms with Crippen molar-refractivity contribution >= 4 is 11.5 Å². The third kappa shape index (κ3) is 1.70. The van der Waals surface area contributed by atoms with Gasteiger partial charge in [-0.15, -0.1) is 0 Å². The molecular weight excluding hydrogens is 144 g/mol. The topological polar surface area (TPSA) is 87.0 Å². The van der Waals surface area contributed by atoms with Crippen LogP contribution in [0.5, 0.6) is 6.01 Å². The van der Waals surface area contributed by atoms with Gasteiger partial charge < -0.3 is 16.2 Å². The first-order valence-corrected chi connectivity index (χ1v) is 3.24. The molecule has 0 saturated carbocycles. The molecular formula is C6H10N4O. The molecule has 0 aliphatic heterocycles. The maximum atomic E-state index is 5.39. The molecule has 60 valence electrons. The predicted octanol–water partition coefficient (Wildman–Crippen LogP) is 0.0397. The molecule has 11 heavy (non-hydrogen) atoms. The molecule has 0 atom stereocenters. The molecule has 0 aromatic carbocycles. The van der Waals surface area contributed by atoms with E-state index in [1.807, 2.05) is 6.92 Å². The van der Waals surface area contributed by atoms with Crippen LogP contribution >= 0.6 is 0 Å². The number of hydrogen-bond acceptors (Lipinski definition) is 5. The van der Waals surface area contributed by atoms with Crippen molar-refractivity contribution in [2.75, 3.05) is 18.1 Å². The fourth-order valence-electron chi connectivity index (χ4n) is 0.586. The molecule has 0 saturated heterocycles. The zero-order valence-corrected chi connectivity index (χ0v) is 6.24. The second kappa shape index (κ2) is 3.05. The van der Waals surface area contributed by atoms with E-state index >= 15 is 0 Å². The quantitative estimate of drug-likeness (QED) is 0.628. The van der Waals surface area contributed by atoms with Crippen molar-refractivity contribution in [1.29, 1.82) is 0 Å². The van der Waals surface area contributed by atoms with Gasteiger partial charge in [0.05, 0.1) is 18.5 Å². The lowest BCUT2D eigenvalue weighted by molar-refractivity contribution is 0.313. The van der Waals surface area contributed by atoms with E-state index in [4.69, 9.17) is 16.2 Å². The molecule has 5 nitrogen and oxygen atoms in total. The summed E-state index contributed by atoms with van der Waals surface area (Å²) in [7, 11) is 0. The number of nitrogens with zero attached hydrogens (tertiary/aromatic N) is 2. The van der Waals surface area contributed by atoms with Crippen LogP contribution in [0.1, 0.15) is 6.92 Å². The van der Waals surface area contributed by atoms with E-state index in [1.54, 1.807) is 0 Å². The fraction of sp³-hybridized carbons (Fsp3) is 0.333. The van der Waals surface area contributed by atoms with E-state index in [0.717, 1.165) is 0 Å². The largest absolute Gasteiger partial charge is 0.464 e. The minimum atomic E-state index is 0.253. The summed E-state index contributed by atoms with van der Waals surface area (Å²) in [6.45, 7) is 2.36. The summed E-state index contributed by atoms with van der Waals surface area (Å²) in [5.74, 6) is 0.253. The second-order valence-corrected chi connectivity index (χ2v) is 1.93. The third-order valence-corrected chi connectivity index (χ3v) is 1.10. The van der Waals surface area contributed by atoms with Crippen LogP contribution in [-0.4, -0.2) is 16.6 Å². The summed E-state index contributed by atoms with van der Waals surface area (Å²) >= 11 is 0. The molecule has 1 heterocycles. The van der Waals surface area contributed by atoms with Crippen LogP contribution in [0.3, 0.4) is 0 Å². The van der Waals surface area contributed by atoms with Gasteiger partial charge in [0.2, 0.25) is 0 Å². The van der Waals surface area contributed by atoms with Gasteiger partial charge in [-0.1, -0.05) is 0 Å². The lowest BCUT2D eigenvalue weighted by Gasteiger charge is -2.01. The van der Waals surface area contributed by atoms with Crippen LogP contribution in [0, 0.1) is 0 Å². The Balaban J connectivity index is 2.86. The van der Waals surface area contributed by atoms with E-state index < -0.39 is 0 Å². The van der Waals surface area contributed by atoms with Gasteiger partial charge in [-0.2, -0.15) is 4.98 Å². The fourth-order valence-corrected chi connectivity index (χ4v) is 0.586. The molecule has 0 spiro atoms. The molecule has 0 fully saturated rings. The summed E-state index contributed by atoms with van der Waals surface area (Å²) in [5, 5.41) is 0. The molecule has 0 bridgehead atoms. The summed E-state index contributed by atoms with van der Waals surface area (Å²) in [6, 6.07) is 0.263. The summed E-state index contributed by atoms with van der Waals surface area (Å²) < 4.78 is 4.98. The lowest BCUT2D eigenvalue weighted by atomic mass is 10.5. The second-order valence-electron chi connectivity index (χ2n) is 1.93. The standard InChI is InChI=1S/C6H10N4O/c1-2-11-6-9-3-4(7)5(8)10-6/h3H,2,7H2,1H3,(H2,8,9,10). The van der Waals surface area contributed by atoms with Crippen LogP contribution in [0.25, 0.3) is 0 Å². The van der Waals surface area contributed by atoms with E-state index in [1.165, 1.54) is 6.20 Å². The molecule has 0 unspecified atom stereocenters. The van der Waals surface area contributed by atoms with Crippen molar-refractivity contribution in [3.05, 3.63) is 6.20 Å². The number of rotatable bonds is 2. The Hall–Kier alpha value is -1.52. The molecule has 0 amide bonds. The van der Waals surface area contributed by atoms with Gasteiger partial charge in [0, 0.05) is 0 Å². The molecule has 1 aromatic heterocycles. The minimum absolute atomic E-state index is 0.253. The number of aromatic nitrogens is 2. The molecule has 5 heteroatoms. The normalized spacial score (nSPS) is 9.55. The number of nitrogens with two attached hydrogens (primary N) is 2. The first kappa shape index (κ1) is 7.59. The zero-order valence-electron chi connectivity index (χ0n) is 6.24. The molecule has 1 aromatic rings. The Kier molecular flexibility index (Phi) is 2.10. The van der Waals surface area contributed by atoms with E-state index in [9.17, 15) is 0 Å². The summed E-state index contributed by atoms with van der Waals surface area (Å²) in [4.78, 5) is 7.57. The maximum Gasteiger partial charge on any atom is 0.318 e. The maximum absolute atomic E-state index is 5.39. The van der Waals surface area contributed by atoms with Gasteiger partial charge in [0.1, 0.15) is 0 Å². The molecule has 0 aliphatic carbocycles. The van der Waals surface area contributed by atoms with Crippen molar-refractivity contribution in [3.8, 4) is 6.01 Å². The van der Waals surface area contributed by atoms with Crippen LogP contribution in [0.2, 0.25) is 0 Å². The number of ether oxygens (including phenoxy) is 1. The van der Waals surface area contributed by atoms with Crippen molar-refractivity contribution < 1.29 is 4.74 Å². The highest BCUT2D eigenvalue weighted by Gasteiger charge is 1.99. The van der Waals surface area contributed by atoms with Crippen molar-refractivity contribution in [1.82, 2.24) is 9.97 Å². The number of anilines is 2. The molecule has 0 aliphatic rings. The van der Waals surface area contributed by atoms with Crippen LogP contribution in [0.15, 0.2) is 6.20 Å². The predicted molar refractivity (Wildman–Crippen MR) is 42.0 cm³/mol. The minimum Gasteiger partial charge on any atom is -0.464 e. The highest BCUT2D eigenvalue weighted by molar-refractivity contribution is 5.56. The van der Waals surface area contributed by atoms with E-state index in [0.29, 0.717) is 12.3 Å². The first-order chi connectivity index (χ1) is 5.24. The average molecular weight is 154 g/mol. The van der Waals surface area contributed by atoms with Crippen LogP contribution in [0.4, 0.5) is 11.5 Å². The Morgan fingerprint density at radius 3 is 2.82 bits per heavy atom. The van der Waals surface area contributed by atoms with Gasteiger partial charge in [0.15, 0.2) is 5.82 Å². The molecule has 0 radical (unpaired) electrons. The molecule has 1 rings (SSSR count). The van der Waals surface area contributed by atoms with Crippen molar-refractivity contribution in [3.63, 3.8) is 0 Å². The Morgan fingerprint density at radius 2 is 2.27 bits per heavy atom. The van der Waals surface area contributed by atoms with Gasteiger partial charge in [-0.05, 0) is 6.92 Å². The van der Waals surface area contributed by atoms with Crippen LogP contribution < -0.4 is 16.2 Å². The van der Waals surface area contributed by atoms with E-state index in [-0.39, 0.29) is 11.8 Å². The number of hydrogen-bond donors (Lipinski definition) is 2. The zero-order chi connectivity index (χ0) is 8.27. The first-order valence-electron chi connectivity index (χ1n) is 3.24. The Bertz CT molecular complexity index is 250. The number of nitrogen functional groups attached to an aromatic ring is 2. The summed E-state index contributed by atoms with van der Waals surface area (Å²) in [5.41, 5.74) is 11.1. The van der Waals surface area contributed by atoms with Crippen LogP contribution in [-0.2, 0) is 0 Å². The van der Waals surface area contributed by atoms with Crippen molar-refractivity contribution in [2.24, 2.45) is 0 Å². The van der Waals surface area contributed by atoms with E-state index in [2.05, 4.69) is 9.97 Å². The smallest absolute Gasteiger partial charge is 0.318 e. The average Bonchev–Trinajstić information content (AvgIpc) is 1.98. The monoisotopic (exact) mass is 154 g/mol. The SMILES string of the molecule is CCOc1ncc(N)c(N)n1. The lowest BCUT2D eigenvalue weighted by Crippen LogP contribution is -2.03. The van der Waals surface area contributed by atoms with Gasteiger partial charge in [-0.25, -0.2) is 4.98 Å². The van der Waals surface area contributed by atoms with Crippen molar-refractivity contribution in [2.45, 2.75) is 6.92 Å².